The lowest BCUT2D eigenvalue weighted by atomic mass is 10.2. The minimum absolute atomic E-state index is 0.593. The smallest absolute Gasteiger partial charge is 0.154 e. The molecule has 2 aromatic rings. The molecule has 2 heterocycles. The number of aromatic nitrogens is 2. The number of nitrogens with one attached hydrogen (secondary N) is 1. The topological polar surface area (TPSA) is 63.8 Å². The number of allylic oxidation sites excluding steroid dienone is 5. The van der Waals surface area contributed by atoms with E-state index in [4.69, 9.17) is 5.73 Å². The van der Waals surface area contributed by atoms with Gasteiger partial charge in [-0.15, -0.1) is 0 Å². The summed E-state index contributed by atoms with van der Waals surface area (Å²) in [6.07, 6.45) is 9.14. The van der Waals surface area contributed by atoms with Crippen LogP contribution in [-0.4, -0.2) is 9.97 Å². The number of pyridine rings is 2. The second-order valence-electron chi connectivity index (χ2n) is 4.44. The van der Waals surface area contributed by atoms with Crippen molar-refractivity contribution in [2.45, 2.75) is 6.92 Å². The van der Waals surface area contributed by atoms with Crippen LogP contribution in [0.1, 0.15) is 6.92 Å². The van der Waals surface area contributed by atoms with Crippen LogP contribution in [-0.2, 0) is 0 Å². The first kappa shape index (κ1) is 14.5. The summed E-state index contributed by atoms with van der Waals surface area (Å²) in [6.45, 7) is 5.57. The molecule has 2 rings (SSSR count). The van der Waals surface area contributed by atoms with Crippen molar-refractivity contribution < 1.29 is 0 Å². The van der Waals surface area contributed by atoms with Gasteiger partial charge in [-0.25, -0.2) is 4.98 Å². The molecule has 4 heteroatoms. The molecule has 0 aliphatic carbocycles. The zero-order chi connectivity index (χ0) is 15.1. The molecule has 0 atom stereocenters. The van der Waals surface area contributed by atoms with Crippen LogP contribution < -0.4 is 11.1 Å². The first-order chi connectivity index (χ1) is 10.2. The maximum absolute atomic E-state index is 5.96. The minimum Gasteiger partial charge on any atom is -0.396 e. The fourth-order valence-corrected chi connectivity index (χ4v) is 1.73. The standard InChI is InChI=1S/C17H18N4/c1-3-4-5-8-13(2)20-17-14(18)10-11-16(21-17)15-9-6-7-12-19-15/h3-12H,1,18H2,2H3,(H,20,21)/b5-4-,13-8+. The third-order valence-corrected chi connectivity index (χ3v) is 2.76. The van der Waals surface area contributed by atoms with E-state index in [-0.39, 0.29) is 0 Å². The summed E-state index contributed by atoms with van der Waals surface area (Å²) >= 11 is 0. The van der Waals surface area contributed by atoms with Crippen molar-refractivity contribution in [2.75, 3.05) is 11.1 Å². The SMILES string of the molecule is C=C/C=C\C=C(/C)Nc1nc(-c2ccccn2)ccc1N. The van der Waals surface area contributed by atoms with Gasteiger partial charge in [0.15, 0.2) is 5.82 Å². The van der Waals surface area contributed by atoms with Gasteiger partial charge in [0.1, 0.15) is 0 Å². The molecule has 0 saturated carbocycles. The Bertz CT molecular complexity index is 672. The number of nitrogen functional groups attached to an aromatic ring is 1. The lowest BCUT2D eigenvalue weighted by Crippen LogP contribution is -2.03. The Morgan fingerprint density at radius 3 is 2.76 bits per heavy atom. The number of rotatable bonds is 5. The molecule has 0 bridgehead atoms. The highest BCUT2D eigenvalue weighted by Gasteiger charge is 2.05. The molecular weight excluding hydrogens is 260 g/mol. The predicted octanol–water partition coefficient (Wildman–Crippen LogP) is 3.78. The maximum Gasteiger partial charge on any atom is 0.154 e. The first-order valence-corrected chi connectivity index (χ1v) is 6.61. The zero-order valence-electron chi connectivity index (χ0n) is 12.0. The third kappa shape index (κ3) is 4.04. The Morgan fingerprint density at radius 2 is 2.05 bits per heavy atom. The number of hydrogen-bond donors (Lipinski definition) is 2. The number of nitrogens with zero attached hydrogens (tertiary/aromatic N) is 2. The van der Waals surface area contributed by atoms with Gasteiger partial charge < -0.3 is 11.1 Å². The summed E-state index contributed by atoms with van der Waals surface area (Å²) in [5.74, 6) is 0.624. The third-order valence-electron chi connectivity index (χ3n) is 2.76. The van der Waals surface area contributed by atoms with E-state index < -0.39 is 0 Å². The summed E-state index contributed by atoms with van der Waals surface area (Å²) in [6, 6.07) is 9.40. The maximum atomic E-state index is 5.96. The van der Waals surface area contributed by atoms with Crippen molar-refractivity contribution in [1.29, 1.82) is 0 Å². The second kappa shape index (κ2) is 7.05. The number of anilines is 2. The molecule has 0 radical (unpaired) electrons. The van der Waals surface area contributed by atoms with Gasteiger partial charge in [-0.3, -0.25) is 4.98 Å². The molecule has 3 N–H and O–H groups in total. The van der Waals surface area contributed by atoms with E-state index in [0.29, 0.717) is 11.5 Å². The van der Waals surface area contributed by atoms with Crippen molar-refractivity contribution in [2.24, 2.45) is 0 Å². The van der Waals surface area contributed by atoms with Crippen LogP contribution in [0.3, 0.4) is 0 Å². The van der Waals surface area contributed by atoms with Crippen LogP contribution in [0.5, 0.6) is 0 Å². The van der Waals surface area contributed by atoms with Crippen molar-refractivity contribution in [3.05, 3.63) is 73.1 Å². The van der Waals surface area contributed by atoms with Crippen LogP contribution >= 0.6 is 0 Å². The van der Waals surface area contributed by atoms with Gasteiger partial charge in [0.05, 0.1) is 17.1 Å². The number of hydrogen-bond acceptors (Lipinski definition) is 4. The van der Waals surface area contributed by atoms with Gasteiger partial charge in [-0.1, -0.05) is 30.9 Å². The Balaban J connectivity index is 2.26. The van der Waals surface area contributed by atoms with E-state index >= 15 is 0 Å². The van der Waals surface area contributed by atoms with Crippen LogP contribution in [0.15, 0.2) is 73.1 Å². The lowest BCUT2D eigenvalue weighted by Gasteiger charge is -2.10. The van der Waals surface area contributed by atoms with E-state index in [1.54, 1.807) is 12.3 Å². The van der Waals surface area contributed by atoms with Crippen LogP contribution in [0, 0.1) is 0 Å². The zero-order valence-corrected chi connectivity index (χ0v) is 12.0. The average molecular weight is 278 g/mol. The van der Waals surface area contributed by atoms with E-state index in [9.17, 15) is 0 Å². The molecule has 0 saturated heterocycles. The molecule has 106 valence electrons. The predicted molar refractivity (Wildman–Crippen MR) is 88.6 cm³/mol. The number of nitrogens with two attached hydrogens (primary N) is 1. The summed E-state index contributed by atoms with van der Waals surface area (Å²) in [5, 5.41) is 3.19. The van der Waals surface area contributed by atoms with E-state index in [1.807, 2.05) is 55.5 Å². The average Bonchev–Trinajstić information content (AvgIpc) is 2.51. The van der Waals surface area contributed by atoms with E-state index in [2.05, 4.69) is 21.9 Å². The van der Waals surface area contributed by atoms with Crippen LogP contribution in [0.2, 0.25) is 0 Å². The fourth-order valence-electron chi connectivity index (χ4n) is 1.73. The van der Waals surface area contributed by atoms with Gasteiger partial charge >= 0.3 is 0 Å². The van der Waals surface area contributed by atoms with Gasteiger partial charge in [-0.05, 0) is 37.3 Å². The summed E-state index contributed by atoms with van der Waals surface area (Å²) < 4.78 is 0. The molecule has 21 heavy (non-hydrogen) atoms. The highest BCUT2D eigenvalue weighted by atomic mass is 15.0. The van der Waals surface area contributed by atoms with Gasteiger partial charge in [0.2, 0.25) is 0 Å². The largest absolute Gasteiger partial charge is 0.396 e. The normalized spacial score (nSPS) is 11.6. The van der Waals surface area contributed by atoms with E-state index in [1.165, 1.54) is 0 Å². The quantitative estimate of drug-likeness (QED) is 0.817. The minimum atomic E-state index is 0.593. The van der Waals surface area contributed by atoms with Crippen LogP contribution in [0.25, 0.3) is 11.4 Å². The molecule has 0 aromatic carbocycles. The molecule has 0 fully saturated rings. The van der Waals surface area contributed by atoms with Gasteiger partial charge in [0, 0.05) is 11.9 Å². The summed E-state index contributed by atoms with van der Waals surface area (Å²) in [7, 11) is 0. The van der Waals surface area contributed by atoms with Crippen molar-refractivity contribution in [3.63, 3.8) is 0 Å². The van der Waals surface area contributed by atoms with Crippen molar-refractivity contribution in [1.82, 2.24) is 9.97 Å². The second-order valence-corrected chi connectivity index (χ2v) is 4.44. The molecule has 0 aliphatic rings. The van der Waals surface area contributed by atoms with Crippen molar-refractivity contribution >= 4 is 11.5 Å². The molecule has 4 nitrogen and oxygen atoms in total. The molecule has 0 amide bonds. The fraction of sp³-hybridized carbons (Fsp3) is 0.0588. The molecule has 0 unspecified atom stereocenters. The monoisotopic (exact) mass is 278 g/mol. The molecule has 0 aliphatic heterocycles. The molecular formula is C17H18N4. The van der Waals surface area contributed by atoms with Crippen LogP contribution in [0.4, 0.5) is 11.5 Å². The van der Waals surface area contributed by atoms with E-state index in [0.717, 1.165) is 17.1 Å². The molecule has 2 aromatic heterocycles. The lowest BCUT2D eigenvalue weighted by molar-refractivity contribution is 1.22. The Morgan fingerprint density at radius 1 is 1.19 bits per heavy atom. The Hall–Kier alpha value is -2.88. The first-order valence-electron chi connectivity index (χ1n) is 6.61. The highest BCUT2D eigenvalue weighted by molar-refractivity contribution is 5.68. The Labute approximate surface area is 124 Å². The molecule has 0 spiro atoms. The van der Waals surface area contributed by atoms with Crippen molar-refractivity contribution in [3.8, 4) is 11.4 Å². The Kier molecular flexibility index (Phi) is 4.88. The summed E-state index contributed by atoms with van der Waals surface area (Å²) in [5.41, 5.74) is 9.09. The van der Waals surface area contributed by atoms with Gasteiger partial charge in [-0.2, -0.15) is 0 Å². The summed E-state index contributed by atoms with van der Waals surface area (Å²) in [4.78, 5) is 8.82. The highest BCUT2D eigenvalue weighted by Crippen LogP contribution is 2.22. The van der Waals surface area contributed by atoms with Gasteiger partial charge in [0.25, 0.3) is 0 Å².